The van der Waals surface area contributed by atoms with Gasteiger partial charge in [-0.15, -0.1) is 0 Å². The molecule has 2 aromatic carbocycles. The molecule has 0 aliphatic carbocycles. The Labute approximate surface area is 160 Å². The van der Waals surface area contributed by atoms with Gasteiger partial charge in [0.2, 0.25) is 11.7 Å². The van der Waals surface area contributed by atoms with Gasteiger partial charge in [-0.05, 0) is 49.4 Å². The molecule has 8 heteroatoms. The van der Waals surface area contributed by atoms with Crippen LogP contribution in [0.25, 0.3) is 0 Å². The molecule has 0 aliphatic heterocycles. The fourth-order valence-electron chi connectivity index (χ4n) is 2.21. The van der Waals surface area contributed by atoms with E-state index in [2.05, 4.69) is 5.32 Å². The molecule has 1 N–H and O–H groups in total. The lowest BCUT2D eigenvalue weighted by Crippen LogP contribution is -2.28. The Morgan fingerprint density at radius 2 is 1.86 bits per heavy atom. The van der Waals surface area contributed by atoms with Gasteiger partial charge in [0.25, 0.3) is 0 Å². The van der Waals surface area contributed by atoms with E-state index in [1.807, 2.05) is 6.07 Å². The van der Waals surface area contributed by atoms with Crippen molar-refractivity contribution in [2.75, 3.05) is 11.9 Å². The van der Waals surface area contributed by atoms with E-state index in [1.54, 1.807) is 0 Å². The normalized spacial score (nSPS) is 11.1. The zero-order chi connectivity index (χ0) is 20.7. The highest BCUT2D eigenvalue weighted by Crippen LogP contribution is 2.16. The highest BCUT2D eigenvalue weighted by atomic mass is 19.1. The Morgan fingerprint density at radius 3 is 2.43 bits per heavy atom. The van der Waals surface area contributed by atoms with Gasteiger partial charge in [-0.3, -0.25) is 9.59 Å². The predicted molar refractivity (Wildman–Crippen MR) is 97.2 cm³/mol. The molecule has 1 atom stereocenters. The van der Waals surface area contributed by atoms with Crippen LogP contribution in [0.2, 0.25) is 0 Å². The third-order valence-electron chi connectivity index (χ3n) is 3.56. The highest BCUT2D eigenvalue weighted by molar-refractivity contribution is 5.99. The van der Waals surface area contributed by atoms with Crippen LogP contribution in [0, 0.1) is 17.1 Å². The smallest absolute Gasteiger partial charge is 0.347 e. The summed E-state index contributed by atoms with van der Waals surface area (Å²) in [5.41, 5.74) is 0.394. The SMILES string of the molecule is CC(=O)Nc1ccc(C(=O)COC(=O)[C@H](C)Oc2ccc(C#N)cc2)c(F)c1. The summed E-state index contributed by atoms with van der Waals surface area (Å²) >= 11 is 0. The summed E-state index contributed by atoms with van der Waals surface area (Å²) in [4.78, 5) is 35.0. The van der Waals surface area contributed by atoms with Gasteiger partial charge in [0.15, 0.2) is 12.7 Å². The molecular formula is C20H17FN2O5. The van der Waals surface area contributed by atoms with Crippen molar-refractivity contribution in [3.8, 4) is 11.8 Å². The molecule has 1 amide bonds. The number of carbonyl (C=O) groups is 3. The molecule has 2 aromatic rings. The molecule has 144 valence electrons. The fraction of sp³-hybridized carbons (Fsp3) is 0.200. The molecule has 7 nitrogen and oxygen atoms in total. The van der Waals surface area contributed by atoms with Crippen molar-refractivity contribution in [2.24, 2.45) is 0 Å². The molecule has 0 spiro atoms. The zero-order valence-electron chi connectivity index (χ0n) is 15.2. The molecule has 0 saturated heterocycles. The first kappa shape index (κ1) is 20.6. The van der Waals surface area contributed by atoms with E-state index in [1.165, 1.54) is 50.2 Å². The van der Waals surface area contributed by atoms with E-state index in [-0.39, 0.29) is 17.2 Å². The van der Waals surface area contributed by atoms with E-state index < -0.39 is 30.3 Å². The number of halogens is 1. The maximum Gasteiger partial charge on any atom is 0.347 e. The molecule has 0 saturated carbocycles. The first-order chi connectivity index (χ1) is 13.3. The second kappa shape index (κ2) is 9.28. The van der Waals surface area contributed by atoms with Crippen molar-refractivity contribution in [3.63, 3.8) is 0 Å². The maximum absolute atomic E-state index is 14.0. The first-order valence-corrected chi connectivity index (χ1v) is 8.24. The number of anilines is 1. The Morgan fingerprint density at radius 1 is 1.18 bits per heavy atom. The number of carbonyl (C=O) groups excluding carboxylic acids is 3. The summed E-state index contributed by atoms with van der Waals surface area (Å²) in [6.45, 7) is 2.06. The van der Waals surface area contributed by atoms with E-state index in [9.17, 15) is 18.8 Å². The van der Waals surface area contributed by atoms with Crippen molar-refractivity contribution in [1.29, 1.82) is 5.26 Å². The molecule has 0 radical (unpaired) electrons. The number of ether oxygens (including phenoxy) is 2. The van der Waals surface area contributed by atoms with Crippen molar-refractivity contribution in [1.82, 2.24) is 0 Å². The topological polar surface area (TPSA) is 105 Å². The number of nitriles is 1. The Kier molecular flexibility index (Phi) is 6.82. The van der Waals surface area contributed by atoms with Crippen LogP contribution < -0.4 is 10.1 Å². The van der Waals surface area contributed by atoms with Crippen molar-refractivity contribution in [3.05, 3.63) is 59.4 Å². The number of ketones is 1. The van der Waals surface area contributed by atoms with Crippen molar-refractivity contribution in [2.45, 2.75) is 20.0 Å². The summed E-state index contributed by atoms with van der Waals surface area (Å²) in [6.07, 6.45) is -1.01. The van der Waals surface area contributed by atoms with Gasteiger partial charge < -0.3 is 14.8 Å². The molecule has 0 aromatic heterocycles. The van der Waals surface area contributed by atoms with Gasteiger partial charge in [0.05, 0.1) is 17.2 Å². The van der Waals surface area contributed by atoms with Gasteiger partial charge in [0, 0.05) is 12.6 Å². The summed E-state index contributed by atoms with van der Waals surface area (Å²) in [5, 5.41) is 11.1. The van der Waals surface area contributed by atoms with Gasteiger partial charge in [0.1, 0.15) is 11.6 Å². The Balaban J connectivity index is 1.91. The third-order valence-corrected chi connectivity index (χ3v) is 3.56. The zero-order valence-corrected chi connectivity index (χ0v) is 15.2. The van der Waals surface area contributed by atoms with Crippen LogP contribution in [0.1, 0.15) is 29.8 Å². The van der Waals surface area contributed by atoms with Crippen LogP contribution in [0.3, 0.4) is 0 Å². The number of amides is 1. The lowest BCUT2D eigenvalue weighted by Gasteiger charge is -2.14. The molecule has 0 heterocycles. The number of Topliss-reactive ketones (excluding diaryl/α,β-unsaturated/α-hetero) is 1. The maximum atomic E-state index is 14.0. The lowest BCUT2D eigenvalue weighted by atomic mass is 10.1. The quantitative estimate of drug-likeness (QED) is 0.581. The summed E-state index contributed by atoms with van der Waals surface area (Å²) < 4.78 is 24.3. The molecule has 28 heavy (non-hydrogen) atoms. The summed E-state index contributed by atoms with van der Waals surface area (Å²) in [6, 6.07) is 11.7. The molecular weight excluding hydrogens is 367 g/mol. The number of nitrogens with one attached hydrogen (secondary N) is 1. The van der Waals surface area contributed by atoms with E-state index in [0.717, 1.165) is 6.07 Å². The number of hydrogen-bond acceptors (Lipinski definition) is 6. The van der Waals surface area contributed by atoms with Crippen LogP contribution in [-0.2, 0) is 14.3 Å². The second-order valence-corrected chi connectivity index (χ2v) is 5.80. The predicted octanol–water partition coefficient (Wildman–Crippen LogP) is 2.85. The monoisotopic (exact) mass is 384 g/mol. The minimum Gasteiger partial charge on any atom is -0.479 e. The Bertz CT molecular complexity index is 935. The van der Waals surface area contributed by atoms with Crippen LogP contribution in [-0.4, -0.2) is 30.4 Å². The van der Waals surface area contributed by atoms with Crippen LogP contribution in [0.5, 0.6) is 5.75 Å². The van der Waals surface area contributed by atoms with Crippen molar-refractivity contribution < 1.29 is 28.2 Å². The van der Waals surface area contributed by atoms with E-state index in [0.29, 0.717) is 11.3 Å². The average molecular weight is 384 g/mol. The van der Waals surface area contributed by atoms with Gasteiger partial charge in [-0.1, -0.05) is 0 Å². The van der Waals surface area contributed by atoms with Gasteiger partial charge in [-0.25, -0.2) is 9.18 Å². The molecule has 0 aliphatic rings. The minimum atomic E-state index is -1.01. The molecule has 0 fully saturated rings. The largest absolute Gasteiger partial charge is 0.479 e. The fourth-order valence-corrected chi connectivity index (χ4v) is 2.21. The molecule has 0 bridgehead atoms. The van der Waals surface area contributed by atoms with Crippen LogP contribution >= 0.6 is 0 Å². The molecule has 0 unspecified atom stereocenters. The number of hydrogen-bond donors (Lipinski definition) is 1. The summed E-state index contributed by atoms with van der Waals surface area (Å²) in [7, 11) is 0. The van der Waals surface area contributed by atoms with E-state index in [4.69, 9.17) is 14.7 Å². The molecule has 2 rings (SSSR count). The average Bonchev–Trinajstić information content (AvgIpc) is 2.66. The highest BCUT2D eigenvalue weighted by Gasteiger charge is 2.20. The van der Waals surface area contributed by atoms with E-state index >= 15 is 0 Å². The number of rotatable bonds is 7. The number of esters is 1. The van der Waals surface area contributed by atoms with Gasteiger partial charge in [-0.2, -0.15) is 5.26 Å². The first-order valence-electron chi connectivity index (χ1n) is 8.24. The van der Waals surface area contributed by atoms with Crippen molar-refractivity contribution >= 4 is 23.3 Å². The number of nitrogens with zero attached hydrogens (tertiary/aromatic N) is 1. The minimum absolute atomic E-state index is 0.211. The standard InChI is InChI=1S/C20H17FN2O5/c1-12(28-16-6-3-14(10-22)4-7-16)20(26)27-11-19(25)17-8-5-15(9-18(17)21)23-13(2)24/h3-9,12H,11H2,1-2H3,(H,23,24)/t12-/m0/s1. The van der Waals surface area contributed by atoms with Gasteiger partial charge >= 0.3 is 5.97 Å². The number of benzene rings is 2. The lowest BCUT2D eigenvalue weighted by molar-refractivity contribution is -0.149. The van der Waals surface area contributed by atoms with Crippen LogP contribution in [0.4, 0.5) is 10.1 Å². The summed E-state index contributed by atoms with van der Waals surface area (Å²) in [5.74, 6) is -2.38. The second-order valence-electron chi connectivity index (χ2n) is 5.80. The third kappa shape index (κ3) is 5.64. The Hall–Kier alpha value is -3.73. The van der Waals surface area contributed by atoms with Crippen LogP contribution in [0.15, 0.2) is 42.5 Å².